The van der Waals surface area contributed by atoms with Gasteiger partial charge in [-0.05, 0) is 44.0 Å². The number of amides is 1. The Morgan fingerprint density at radius 2 is 1.89 bits per heavy atom. The Morgan fingerprint density at radius 1 is 1.21 bits per heavy atom. The first-order valence-electron chi connectivity index (χ1n) is 7.24. The van der Waals surface area contributed by atoms with Crippen LogP contribution in [0.4, 0.5) is 5.69 Å². The van der Waals surface area contributed by atoms with E-state index in [1.165, 1.54) is 0 Å². The van der Waals surface area contributed by atoms with Crippen molar-refractivity contribution in [1.29, 1.82) is 0 Å². The van der Waals surface area contributed by atoms with Crippen molar-refractivity contribution in [3.8, 4) is 5.75 Å². The standard InChI is InChI=1S/C16H25NO2/c1-4-7-8-13(5-2)16(18)17-14-9-11-15(12-10-14)19-6-3/h9-13H,4-8H2,1-3H3,(H,17,18). The van der Waals surface area contributed by atoms with Gasteiger partial charge in [-0.3, -0.25) is 4.79 Å². The number of rotatable bonds is 8. The van der Waals surface area contributed by atoms with Crippen LogP contribution in [0.1, 0.15) is 46.5 Å². The summed E-state index contributed by atoms with van der Waals surface area (Å²) in [6.07, 6.45) is 4.10. The third-order valence-corrected chi connectivity index (χ3v) is 3.20. The van der Waals surface area contributed by atoms with Gasteiger partial charge in [-0.2, -0.15) is 0 Å². The third kappa shape index (κ3) is 5.33. The van der Waals surface area contributed by atoms with E-state index in [1.807, 2.05) is 31.2 Å². The van der Waals surface area contributed by atoms with E-state index in [4.69, 9.17) is 4.74 Å². The van der Waals surface area contributed by atoms with Crippen LogP contribution in [0.15, 0.2) is 24.3 Å². The van der Waals surface area contributed by atoms with Gasteiger partial charge in [0.15, 0.2) is 0 Å². The highest BCUT2D eigenvalue weighted by atomic mass is 16.5. The summed E-state index contributed by atoms with van der Waals surface area (Å²) in [7, 11) is 0. The molecular formula is C16H25NO2. The Kier molecular flexibility index (Phi) is 7.01. The molecule has 1 rings (SSSR count). The number of benzene rings is 1. The zero-order valence-corrected chi connectivity index (χ0v) is 12.2. The van der Waals surface area contributed by atoms with Crippen LogP contribution in [0, 0.1) is 5.92 Å². The van der Waals surface area contributed by atoms with E-state index in [0.29, 0.717) is 6.61 Å². The van der Waals surface area contributed by atoms with Crippen LogP contribution < -0.4 is 10.1 Å². The zero-order valence-electron chi connectivity index (χ0n) is 12.2. The SMILES string of the molecule is CCCCC(CC)C(=O)Nc1ccc(OCC)cc1. The predicted molar refractivity (Wildman–Crippen MR) is 79.5 cm³/mol. The Balaban J connectivity index is 2.54. The minimum atomic E-state index is 0.117. The second-order valence-corrected chi connectivity index (χ2v) is 4.69. The first-order valence-corrected chi connectivity index (χ1v) is 7.24. The molecular weight excluding hydrogens is 238 g/mol. The van der Waals surface area contributed by atoms with E-state index in [9.17, 15) is 4.79 Å². The first-order chi connectivity index (χ1) is 9.21. The lowest BCUT2D eigenvalue weighted by molar-refractivity contribution is -0.120. The smallest absolute Gasteiger partial charge is 0.227 e. The Bertz CT molecular complexity index is 373. The van der Waals surface area contributed by atoms with Crippen LogP contribution in [0.2, 0.25) is 0 Å². The maximum Gasteiger partial charge on any atom is 0.227 e. The van der Waals surface area contributed by atoms with Crippen molar-refractivity contribution in [3.05, 3.63) is 24.3 Å². The molecule has 0 radical (unpaired) electrons. The van der Waals surface area contributed by atoms with Crippen molar-refractivity contribution in [2.24, 2.45) is 5.92 Å². The maximum absolute atomic E-state index is 12.1. The summed E-state index contributed by atoms with van der Waals surface area (Å²) in [6.45, 7) is 6.82. The summed E-state index contributed by atoms with van der Waals surface area (Å²) < 4.78 is 5.37. The second kappa shape index (κ2) is 8.57. The highest BCUT2D eigenvalue weighted by molar-refractivity contribution is 5.92. The molecule has 1 unspecified atom stereocenters. The summed E-state index contributed by atoms with van der Waals surface area (Å²) in [4.78, 5) is 12.1. The molecule has 0 saturated carbocycles. The number of nitrogens with one attached hydrogen (secondary N) is 1. The zero-order chi connectivity index (χ0) is 14.1. The van der Waals surface area contributed by atoms with E-state index in [2.05, 4.69) is 19.2 Å². The number of hydrogen-bond donors (Lipinski definition) is 1. The van der Waals surface area contributed by atoms with Crippen molar-refractivity contribution in [3.63, 3.8) is 0 Å². The molecule has 0 fully saturated rings. The van der Waals surface area contributed by atoms with E-state index in [-0.39, 0.29) is 11.8 Å². The van der Waals surface area contributed by atoms with E-state index in [0.717, 1.165) is 37.1 Å². The first kappa shape index (κ1) is 15.5. The van der Waals surface area contributed by atoms with Gasteiger partial charge < -0.3 is 10.1 Å². The van der Waals surface area contributed by atoms with Crippen LogP contribution >= 0.6 is 0 Å². The Morgan fingerprint density at radius 3 is 2.42 bits per heavy atom. The molecule has 106 valence electrons. The van der Waals surface area contributed by atoms with Crippen molar-refractivity contribution in [2.75, 3.05) is 11.9 Å². The largest absolute Gasteiger partial charge is 0.494 e. The summed E-state index contributed by atoms with van der Waals surface area (Å²) in [5, 5.41) is 2.98. The van der Waals surface area contributed by atoms with Gasteiger partial charge in [-0.1, -0.05) is 26.7 Å². The molecule has 0 saturated heterocycles. The topological polar surface area (TPSA) is 38.3 Å². The fourth-order valence-electron chi connectivity index (χ4n) is 2.02. The third-order valence-electron chi connectivity index (χ3n) is 3.20. The highest BCUT2D eigenvalue weighted by Gasteiger charge is 2.15. The molecule has 0 aliphatic heterocycles. The molecule has 0 bridgehead atoms. The van der Waals surface area contributed by atoms with Gasteiger partial charge in [0.2, 0.25) is 5.91 Å². The number of unbranched alkanes of at least 4 members (excludes halogenated alkanes) is 1. The predicted octanol–water partition coefficient (Wildman–Crippen LogP) is 4.24. The number of carbonyl (C=O) groups is 1. The average molecular weight is 263 g/mol. The van der Waals surface area contributed by atoms with Gasteiger partial charge in [-0.15, -0.1) is 0 Å². The van der Waals surface area contributed by atoms with Crippen LogP contribution in [-0.2, 0) is 4.79 Å². The van der Waals surface area contributed by atoms with Crippen molar-refractivity contribution < 1.29 is 9.53 Å². The molecule has 1 atom stereocenters. The lowest BCUT2D eigenvalue weighted by Crippen LogP contribution is -2.22. The van der Waals surface area contributed by atoms with Crippen LogP contribution in [0.5, 0.6) is 5.75 Å². The molecule has 3 heteroatoms. The molecule has 0 spiro atoms. The maximum atomic E-state index is 12.1. The quantitative estimate of drug-likeness (QED) is 0.761. The fourth-order valence-corrected chi connectivity index (χ4v) is 2.02. The molecule has 3 nitrogen and oxygen atoms in total. The second-order valence-electron chi connectivity index (χ2n) is 4.69. The average Bonchev–Trinajstić information content (AvgIpc) is 2.42. The van der Waals surface area contributed by atoms with Gasteiger partial charge in [-0.25, -0.2) is 0 Å². The van der Waals surface area contributed by atoms with Gasteiger partial charge in [0, 0.05) is 11.6 Å². The molecule has 1 aromatic rings. The lowest BCUT2D eigenvalue weighted by atomic mass is 9.98. The number of carbonyl (C=O) groups excluding carboxylic acids is 1. The Hall–Kier alpha value is -1.51. The molecule has 1 N–H and O–H groups in total. The minimum absolute atomic E-state index is 0.117. The van der Waals surface area contributed by atoms with Gasteiger partial charge in [0.25, 0.3) is 0 Å². The number of ether oxygens (including phenoxy) is 1. The van der Waals surface area contributed by atoms with E-state index >= 15 is 0 Å². The normalized spacial score (nSPS) is 11.9. The molecule has 1 amide bonds. The summed E-state index contributed by atoms with van der Waals surface area (Å²) in [5.41, 5.74) is 0.836. The summed E-state index contributed by atoms with van der Waals surface area (Å²) >= 11 is 0. The Labute approximate surface area is 116 Å². The summed E-state index contributed by atoms with van der Waals surface area (Å²) in [5.74, 6) is 1.07. The molecule has 0 heterocycles. The monoisotopic (exact) mass is 263 g/mol. The van der Waals surface area contributed by atoms with Gasteiger partial charge in [0.05, 0.1) is 6.61 Å². The molecule has 0 aromatic heterocycles. The molecule has 1 aromatic carbocycles. The highest BCUT2D eigenvalue weighted by Crippen LogP contribution is 2.19. The van der Waals surface area contributed by atoms with Crippen molar-refractivity contribution in [2.45, 2.75) is 46.5 Å². The van der Waals surface area contributed by atoms with Crippen molar-refractivity contribution in [1.82, 2.24) is 0 Å². The van der Waals surface area contributed by atoms with Gasteiger partial charge >= 0.3 is 0 Å². The van der Waals surface area contributed by atoms with Crippen LogP contribution in [0.3, 0.4) is 0 Å². The fraction of sp³-hybridized carbons (Fsp3) is 0.562. The van der Waals surface area contributed by atoms with Crippen LogP contribution in [-0.4, -0.2) is 12.5 Å². The summed E-state index contributed by atoms with van der Waals surface area (Å²) in [6, 6.07) is 7.53. The lowest BCUT2D eigenvalue weighted by Gasteiger charge is -2.14. The molecule has 19 heavy (non-hydrogen) atoms. The molecule has 0 aliphatic rings. The molecule has 0 aliphatic carbocycles. The minimum Gasteiger partial charge on any atom is -0.494 e. The van der Waals surface area contributed by atoms with E-state index in [1.54, 1.807) is 0 Å². The van der Waals surface area contributed by atoms with Gasteiger partial charge in [0.1, 0.15) is 5.75 Å². The van der Waals surface area contributed by atoms with Crippen molar-refractivity contribution >= 4 is 11.6 Å². The van der Waals surface area contributed by atoms with E-state index < -0.39 is 0 Å². The number of hydrogen-bond acceptors (Lipinski definition) is 2. The van der Waals surface area contributed by atoms with Crippen LogP contribution in [0.25, 0.3) is 0 Å². The number of anilines is 1.